The van der Waals surface area contributed by atoms with Crippen LogP contribution in [0.15, 0.2) is 36.5 Å². The second kappa shape index (κ2) is 8.74. The molecule has 1 aliphatic heterocycles. The van der Waals surface area contributed by atoms with Gasteiger partial charge in [-0.15, -0.1) is 0 Å². The van der Waals surface area contributed by atoms with Gasteiger partial charge in [-0.2, -0.15) is 5.10 Å². The summed E-state index contributed by atoms with van der Waals surface area (Å²) in [4.78, 5) is 32.9. The minimum Gasteiger partial charge on any atom is -0.335 e. The monoisotopic (exact) mass is 450 g/mol. The SMILES string of the molecule is Cc1c(C(=O)N2CCc3nc(NC(=O)NC4CCCC4)sc3C2)cnn1-c1ccccc1. The van der Waals surface area contributed by atoms with Crippen LogP contribution in [0.2, 0.25) is 0 Å². The van der Waals surface area contributed by atoms with E-state index in [1.807, 2.05) is 42.2 Å². The third-order valence-electron chi connectivity index (χ3n) is 6.17. The second-order valence-electron chi connectivity index (χ2n) is 8.34. The average Bonchev–Trinajstić information content (AvgIpc) is 3.53. The highest BCUT2D eigenvalue weighted by Crippen LogP contribution is 2.29. The standard InChI is InChI=1S/C23H26N6O2S/c1-15-18(13-24-29(15)17-9-3-2-4-10-17)21(30)28-12-11-19-20(14-28)32-23(26-19)27-22(31)25-16-7-5-6-8-16/h2-4,9-10,13,16H,5-8,11-12,14H2,1H3,(H2,25,26,27,31). The number of fused-ring (bicyclic) bond motifs is 1. The van der Waals surface area contributed by atoms with Gasteiger partial charge in [0.15, 0.2) is 5.13 Å². The fraction of sp³-hybridized carbons (Fsp3) is 0.391. The number of hydrogen-bond donors (Lipinski definition) is 2. The fourth-order valence-corrected chi connectivity index (χ4v) is 5.45. The van der Waals surface area contributed by atoms with Crippen molar-refractivity contribution in [3.63, 3.8) is 0 Å². The molecule has 1 aromatic carbocycles. The third-order valence-corrected chi connectivity index (χ3v) is 7.17. The maximum atomic E-state index is 13.2. The number of para-hydroxylation sites is 1. The molecule has 3 aromatic rings. The molecule has 0 bridgehead atoms. The number of aromatic nitrogens is 3. The number of rotatable bonds is 4. The summed E-state index contributed by atoms with van der Waals surface area (Å²) in [6.45, 7) is 3.01. The summed E-state index contributed by atoms with van der Waals surface area (Å²) in [5.74, 6) is -0.0304. The van der Waals surface area contributed by atoms with Crippen LogP contribution in [0.4, 0.5) is 9.93 Å². The van der Waals surface area contributed by atoms with Crippen LogP contribution in [-0.4, -0.2) is 44.2 Å². The number of benzene rings is 1. The Kier molecular flexibility index (Phi) is 5.65. The van der Waals surface area contributed by atoms with E-state index in [2.05, 4.69) is 20.7 Å². The minimum absolute atomic E-state index is 0.0304. The van der Waals surface area contributed by atoms with E-state index in [4.69, 9.17) is 0 Å². The predicted molar refractivity (Wildman–Crippen MR) is 123 cm³/mol. The first kappa shape index (κ1) is 20.7. The number of urea groups is 1. The van der Waals surface area contributed by atoms with Crippen molar-refractivity contribution in [2.45, 2.75) is 51.6 Å². The first-order valence-corrected chi connectivity index (χ1v) is 11.9. The van der Waals surface area contributed by atoms with E-state index in [-0.39, 0.29) is 18.0 Å². The predicted octanol–water partition coefficient (Wildman–Crippen LogP) is 3.90. The Labute approximate surface area is 190 Å². The van der Waals surface area contributed by atoms with Gasteiger partial charge in [0.25, 0.3) is 5.91 Å². The van der Waals surface area contributed by atoms with Crippen molar-refractivity contribution in [1.29, 1.82) is 0 Å². The molecule has 9 heteroatoms. The molecule has 2 aromatic heterocycles. The van der Waals surface area contributed by atoms with Crippen molar-refractivity contribution in [2.75, 3.05) is 11.9 Å². The Morgan fingerprint density at radius 2 is 1.94 bits per heavy atom. The molecular formula is C23H26N6O2S. The summed E-state index contributed by atoms with van der Waals surface area (Å²) in [6, 6.07) is 9.86. The van der Waals surface area contributed by atoms with Crippen LogP contribution in [0.5, 0.6) is 0 Å². The van der Waals surface area contributed by atoms with Crippen molar-refractivity contribution < 1.29 is 9.59 Å². The van der Waals surface area contributed by atoms with Gasteiger partial charge in [-0.05, 0) is 31.9 Å². The lowest BCUT2D eigenvalue weighted by atomic mass is 10.1. The van der Waals surface area contributed by atoms with Gasteiger partial charge in [0, 0.05) is 23.9 Å². The summed E-state index contributed by atoms with van der Waals surface area (Å²) < 4.78 is 1.79. The van der Waals surface area contributed by atoms with E-state index in [1.165, 1.54) is 24.2 Å². The lowest BCUT2D eigenvalue weighted by Crippen LogP contribution is -2.36. The topological polar surface area (TPSA) is 92.2 Å². The molecule has 0 saturated heterocycles. The van der Waals surface area contributed by atoms with Gasteiger partial charge < -0.3 is 10.2 Å². The molecule has 5 rings (SSSR count). The summed E-state index contributed by atoms with van der Waals surface area (Å²) in [5, 5.41) is 10.9. The lowest BCUT2D eigenvalue weighted by molar-refractivity contribution is 0.0735. The summed E-state index contributed by atoms with van der Waals surface area (Å²) in [7, 11) is 0. The Morgan fingerprint density at radius 1 is 1.16 bits per heavy atom. The van der Waals surface area contributed by atoms with Gasteiger partial charge in [0.1, 0.15) is 0 Å². The van der Waals surface area contributed by atoms with Crippen LogP contribution in [-0.2, 0) is 13.0 Å². The molecule has 1 saturated carbocycles. The van der Waals surface area contributed by atoms with E-state index in [9.17, 15) is 9.59 Å². The van der Waals surface area contributed by atoms with Gasteiger partial charge in [-0.25, -0.2) is 14.5 Å². The first-order valence-electron chi connectivity index (χ1n) is 11.0. The molecule has 2 N–H and O–H groups in total. The highest BCUT2D eigenvalue weighted by atomic mass is 32.1. The summed E-state index contributed by atoms with van der Waals surface area (Å²) in [6.07, 6.45) is 6.75. The normalized spacial score (nSPS) is 16.1. The summed E-state index contributed by atoms with van der Waals surface area (Å²) in [5.41, 5.74) is 3.32. The highest BCUT2D eigenvalue weighted by Gasteiger charge is 2.28. The Bertz CT molecular complexity index is 1130. The molecule has 0 unspecified atom stereocenters. The lowest BCUT2D eigenvalue weighted by Gasteiger charge is -2.26. The fourth-order valence-electron chi connectivity index (χ4n) is 4.43. The molecule has 2 aliphatic rings. The zero-order chi connectivity index (χ0) is 22.1. The van der Waals surface area contributed by atoms with Crippen LogP contribution in [0.25, 0.3) is 5.69 Å². The van der Waals surface area contributed by atoms with Crippen molar-refractivity contribution in [3.8, 4) is 5.69 Å². The van der Waals surface area contributed by atoms with Crippen molar-refractivity contribution in [2.24, 2.45) is 0 Å². The molecule has 1 fully saturated rings. The number of nitrogens with one attached hydrogen (secondary N) is 2. The number of thiazole rings is 1. The van der Waals surface area contributed by atoms with Gasteiger partial charge >= 0.3 is 6.03 Å². The smallest absolute Gasteiger partial charge is 0.321 e. The second-order valence-corrected chi connectivity index (χ2v) is 9.42. The molecule has 8 nitrogen and oxygen atoms in total. The van der Waals surface area contributed by atoms with Crippen LogP contribution in [0.3, 0.4) is 0 Å². The zero-order valence-electron chi connectivity index (χ0n) is 18.0. The summed E-state index contributed by atoms with van der Waals surface area (Å²) >= 11 is 1.45. The molecule has 166 valence electrons. The Morgan fingerprint density at radius 3 is 2.72 bits per heavy atom. The number of carbonyl (C=O) groups excluding carboxylic acids is 2. The molecule has 1 aliphatic carbocycles. The van der Waals surface area contributed by atoms with E-state index >= 15 is 0 Å². The van der Waals surface area contributed by atoms with E-state index in [0.717, 1.165) is 34.8 Å². The highest BCUT2D eigenvalue weighted by molar-refractivity contribution is 7.15. The van der Waals surface area contributed by atoms with E-state index in [0.29, 0.717) is 30.2 Å². The molecule has 0 spiro atoms. The number of nitrogens with zero attached hydrogens (tertiary/aromatic N) is 4. The Balaban J connectivity index is 1.26. The van der Waals surface area contributed by atoms with Crippen molar-refractivity contribution in [3.05, 3.63) is 58.4 Å². The Hall–Kier alpha value is -3.20. The molecule has 32 heavy (non-hydrogen) atoms. The van der Waals surface area contributed by atoms with Crippen LogP contribution < -0.4 is 10.6 Å². The average molecular weight is 451 g/mol. The molecule has 0 radical (unpaired) electrons. The van der Waals surface area contributed by atoms with Crippen LogP contribution in [0, 0.1) is 6.92 Å². The van der Waals surface area contributed by atoms with Crippen molar-refractivity contribution in [1.82, 2.24) is 25.0 Å². The largest absolute Gasteiger partial charge is 0.335 e. The maximum absolute atomic E-state index is 13.2. The van der Waals surface area contributed by atoms with Gasteiger partial charge in [0.05, 0.1) is 35.4 Å². The van der Waals surface area contributed by atoms with Crippen LogP contribution in [0.1, 0.15) is 52.3 Å². The van der Waals surface area contributed by atoms with E-state index in [1.54, 1.807) is 10.9 Å². The molecule has 0 atom stereocenters. The maximum Gasteiger partial charge on any atom is 0.321 e. The van der Waals surface area contributed by atoms with Gasteiger partial charge in [-0.3, -0.25) is 10.1 Å². The van der Waals surface area contributed by atoms with Crippen LogP contribution >= 0.6 is 11.3 Å². The number of amides is 3. The molecular weight excluding hydrogens is 424 g/mol. The number of anilines is 1. The van der Waals surface area contributed by atoms with Crippen molar-refractivity contribution >= 4 is 28.4 Å². The first-order chi connectivity index (χ1) is 15.6. The molecule has 3 amide bonds. The molecule has 3 heterocycles. The zero-order valence-corrected chi connectivity index (χ0v) is 18.8. The third kappa shape index (κ3) is 4.12. The quantitative estimate of drug-likeness (QED) is 0.631. The van der Waals surface area contributed by atoms with E-state index < -0.39 is 0 Å². The number of hydrogen-bond acceptors (Lipinski definition) is 5. The van der Waals surface area contributed by atoms with Gasteiger partial charge in [-0.1, -0.05) is 42.4 Å². The minimum atomic E-state index is -0.195. The number of carbonyl (C=O) groups is 2. The van der Waals surface area contributed by atoms with Gasteiger partial charge in [0.2, 0.25) is 0 Å².